The molecule has 2 aliphatic heterocycles. The standard InChI is InChI=1S/C27H30ClN5O3/c1-15-20-13-31-22(33-26(34)36-18-11-27(12-18)3-5-29-6-4-27)10-17(20)9-19(23(15)28)21-14-32-25-24(16(21)2)30-7-8-35-25/h9-10,13-14,18,29-30H,3-8,11-12H2,1-2H3,(H,31,33,34). The topological polar surface area (TPSA) is 97.4 Å². The number of hydrogen-bond donors (Lipinski definition) is 3. The molecule has 0 atom stereocenters. The summed E-state index contributed by atoms with van der Waals surface area (Å²) in [5.74, 6) is 1.06. The molecule has 36 heavy (non-hydrogen) atoms. The van der Waals surface area contributed by atoms with Crippen molar-refractivity contribution in [2.24, 2.45) is 5.41 Å². The molecule has 0 unspecified atom stereocenters. The van der Waals surface area contributed by atoms with E-state index in [0.717, 1.165) is 84.0 Å². The Hall–Kier alpha value is -3.10. The zero-order valence-corrected chi connectivity index (χ0v) is 21.3. The second-order valence-corrected chi connectivity index (χ2v) is 10.6. The predicted molar refractivity (Wildman–Crippen MR) is 141 cm³/mol. The highest BCUT2D eigenvalue weighted by atomic mass is 35.5. The number of aryl methyl sites for hydroxylation is 1. The molecule has 8 nitrogen and oxygen atoms in total. The van der Waals surface area contributed by atoms with Crippen LogP contribution in [0.5, 0.6) is 5.88 Å². The van der Waals surface area contributed by atoms with Crippen molar-refractivity contribution in [1.82, 2.24) is 15.3 Å². The van der Waals surface area contributed by atoms with Gasteiger partial charge in [-0.25, -0.2) is 14.8 Å². The van der Waals surface area contributed by atoms with Crippen molar-refractivity contribution >= 4 is 40.0 Å². The number of fused-ring (bicyclic) bond motifs is 2. The van der Waals surface area contributed by atoms with Gasteiger partial charge >= 0.3 is 6.09 Å². The molecule has 3 aromatic rings. The fourth-order valence-corrected chi connectivity index (χ4v) is 6.10. The Bertz CT molecular complexity index is 1350. The first kappa shape index (κ1) is 23.3. The molecule has 1 aromatic carbocycles. The van der Waals surface area contributed by atoms with E-state index in [-0.39, 0.29) is 6.10 Å². The fourth-order valence-electron chi connectivity index (χ4n) is 5.84. The van der Waals surface area contributed by atoms with Crippen molar-refractivity contribution in [3.8, 4) is 17.0 Å². The second-order valence-electron chi connectivity index (χ2n) is 10.2. The number of hydrogen-bond acceptors (Lipinski definition) is 7. The summed E-state index contributed by atoms with van der Waals surface area (Å²) in [6.07, 6.45) is 7.29. The average Bonchev–Trinajstić information content (AvgIpc) is 2.86. The number of nitrogens with zero attached hydrogens (tertiary/aromatic N) is 2. The van der Waals surface area contributed by atoms with Gasteiger partial charge in [-0.3, -0.25) is 5.32 Å². The van der Waals surface area contributed by atoms with E-state index in [1.165, 1.54) is 0 Å². The van der Waals surface area contributed by atoms with Crippen LogP contribution in [0.15, 0.2) is 24.5 Å². The average molecular weight is 508 g/mol. The summed E-state index contributed by atoms with van der Waals surface area (Å²) in [5, 5.41) is 12.1. The molecule has 6 rings (SSSR count). The number of pyridine rings is 2. The van der Waals surface area contributed by atoms with E-state index in [1.54, 1.807) is 12.4 Å². The second kappa shape index (κ2) is 9.09. The number of halogens is 1. The van der Waals surface area contributed by atoms with Crippen molar-refractivity contribution < 1.29 is 14.3 Å². The van der Waals surface area contributed by atoms with Gasteiger partial charge in [0.05, 0.1) is 5.02 Å². The Morgan fingerprint density at radius 3 is 2.72 bits per heavy atom. The number of piperidine rings is 1. The largest absolute Gasteiger partial charge is 0.474 e. The van der Waals surface area contributed by atoms with Crippen molar-refractivity contribution in [1.29, 1.82) is 0 Å². The number of amides is 1. The number of ether oxygens (including phenoxy) is 2. The van der Waals surface area contributed by atoms with E-state index >= 15 is 0 Å². The van der Waals surface area contributed by atoms with Gasteiger partial charge < -0.3 is 20.1 Å². The summed E-state index contributed by atoms with van der Waals surface area (Å²) in [7, 11) is 0. The number of nitrogens with one attached hydrogen (secondary N) is 3. The molecule has 3 aliphatic rings. The Kier molecular flexibility index (Phi) is 5.88. The molecule has 1 aliphatic carbocycles. The number of aromatic nitrogens is 2. The van der Waals surface area contributed by atoms with Crippen LogP contribution in [0.4, 0.5) is 16.3 Å². The minimum absolute atomic E-state index is 0.0201. The molecule has 2 aromatic heterocycles. The summed E-state index contributed by atoms with van der Waals surface area (Å²) >= 11 is 6.83. The summed E-state index contributed by atoms with van der Waals surface area (Å²) in [6, 6.07) is 3.89. The maximum Gasteiger partial charge on any atom is 0.413 e. The Labute approximate surface area is 215 Å². The van der Waals surface area contributed by atoms with Crippen LogP contribution in [-0.4, -0.2) is 48.4 Å². The SMILES string of the molecule is Cc1c(-c2cc3cc(NC(=O)OC4CC5(CCNCC5)C4)ncc3c(C)c2Cl)cnc2c1NCCO2. The molecule has 4 heterocycles. The quantitative estimate of drug-likeness (QED) is 0.433. The number of carbonyl (C=O) groups is 1. The lowest BCUT2D eigenvalue weighted by atomic mass is 9.62. The lowest BCUT2D eigenvalue weighted by molar-refractivity contribution is -0.0539. The Morgan fingerprint density at radius 1 is 1.11 bits per heavy atom. The van der Waals surface area contributed by atoms with Crippen molar-refractivity contribution in [3.05, 3.63) is 40.7 Å². The molecule has 1 saturated carbocycles. The first-order chi connectivity index (χ1) is 17.4. The molecule has 1 saturated heterocycles. The third-order valence-electron chi connectivity index (χ3n) is 7.93. The lowest BCUT2D eigenvalue weighted by Gasteiger charge is -2.49. The van der Waals surface area contributed by atoms with Crippen LogP contribution in [-0.2, 0) is 4.74 Å². The van der Waals surface area contributed by atoms with Gasteiger partial charge in [0, 0.05) is 35.5 Å². The molecule has 0 radical (unpaired) electrons. The molecule has 1 amide bonds. The van der Waals surface area contributed by atoms with Crippen LogP contribution in [0.25, 0.3) is 21.9 Å². The van der Waals surface area contributed by atoms with Crippen molar-refractivity contribution in [2.75, 3.05) is 36.9 Å². The van der Waals surface area contributed by atoms with Crippen LogP contribution < -0.4 is 20.7 Å². The first-order valence-corrected chi connectivity index (χ1v) is 12.9. The monoisotopic (exact) mass is 507 g/mol. The molecule has 1 spiro atoms. The predicted octanol–water partition coefficient (Wildman–Crippen LogP) is 5.45. The summed E-state index contributed by atoms with van der Waals surface area (Å²) in [6.45, 7) is 7.45. The van der Waals surface area contributed by atoms with Crippen LogP contribution in [0, 0.1) is 19.3 Å². The van der Waals surface area contributed by atoms with Gasteiger partial charge in [0.2, 0.25) is 5.88 Å². The summed E-state index contributed by atoms with van der Waals surface area (Å²) in [5.41, 5.74) is 5.02. The van der Waals surface area contributed by atoms with E-state index in [1.807, 2.05) is 26.0 Å². The van der Waals surface area contributed by atoms with Crippen LogP contribution in [0.1, 0.15) is 36.8 Å². The zero-order chi connectivity index (χ0) is 24.9. The van der Waals surface area contributed by atoms with Gasteiger partial charge in [-0.15, -0.1) is 0 Å². The van der Waals surface area contributed by atoms with Gasteiger partial charge in [-0.05, 0) is 86.7 Å². The normalized spacial score (nSPS) is 18.6. The van der Waals surface area contributed by atoms with Gasteiger partial charge in [-0.1, -0.05) is 11.6 Å². The molecule has 3 N–H and O–H groups in total. The van der Waals surface area contributed by atoms with Gasteiger partial charge in [0.1, 0.15) is 24.2 Å². The number of rotatable bonds is 3. The van der Waals surface area contributed by atoms with Gasteiger partial charge in [0.15, 0.2) is 0 Å². The highest BCUT2D eigenvalue weighted by Crippen LogP contribution is 2.49. The lowest BCUT2D eigenvalue weighted by Crippen LogP contribution is -2.49. The smallest absolute Gasteiger partial charge is 0.413 e. The molecular formula is C27H30ClN5O3. The van der Waals surface area contributed by atoms with E-state index in [4.69, 9.17) is 21.1 Å². The highest BCUT2D eigenvalue weighted by Gasteiger charge is 2.46. The minimum Gasteiger partial charge on any atom is -0.474 e. The van der Waals surface area contributed by atoms with Crippen LogP contribution >= 0.6 is 11.6 Å². The third-order valence-corrected chi connectivity index (χ3v) is 8.42. The van der Waals surface area contributed by atoms with E-state index in [0.29, 0.717) is 28.7 Å². The molecule has 9 heteroatoms. The van der Waals surface area contributed by atoms with E-state index in [9.17, 15) is 4.79 Å². The van der Waals surface area contributed by atoms with E-state index in [2.05, 4.69) is 25.9 Å². The summed E-state index contributed by atoms with van der Waals surface area (Å²) in [4.78, 5) is 21.5. The van der Waals surface area contributed by atoms with Crippen LogP contribution in [0.2, 0.25) is 5.02 Å². The maximum atomic E-state index is 12.6. The summed E-state index contributed by atoms with van der Waals surface area (Å²) < 4.78 is 11.4. The zero-order valence-electron chi connectivity index (χ0n) is 20.5. The Morgan fingerprint density at radius 2 is 1.92 bits per heavy atom. The van der Waals surface area contributed by atoms with Gasteiger partial charge in [-0.2, -0.15) is 0 Å². The van der Waals surface area contributed by atoms with Crippen molar-refractivity contribution in [3.63, 3.8) is 0 Å². The number of anilines is 2. The minimum atomic E-state index is -0.456. The molecule has 0 bridgehead atoms. The van der Waals surface area contributed by atoms with Crippen LogP contribution in [0.3, 0.4) is 0 Å². The molecule has 2 fully saturated rings. The maximum absolute atomic E-state index is 12.6. The van der Waals surface area contributed by atoms with E-state index < -0.39 is 6.09 Å². The third kappa shape index (κ3) is 4.12. The van der Waals surface area contributed by atoms with Gasteiger partial charge in [0.25, 0.3) is 0 Å². The first-order valence-electron chi connectivity index (χ1n) is 12.6. The fraction of sp³-hybridized carbons (Fsp3) is 0.444. The Balaban J connectivity index is 1.23. The number of carbonyl (C=O) groups excluding carboxylic acids is 1. The molecular weight excluding hydrogens is 478 g/mol. The van der Waals surface area contributed by atoms with Crippen molar-refractivity contribution in [2.45, 2.75) is 45.6 Å². The highest BCUT2D eigenvalue weighted by molar-refractivity contribution is 6.35. The molecule has 188 valence electrons. The number of benzene rings is 1.